The molecular formula is C16H25NOS. The summed E-state index contributed by atoms with van der Waals surface area (Å²) >= 11 is 1.91. The largest absolute Gasteiger partial charge is 0.375 e. The fourth-order valence-electron chi connectivity index (χ4n) is 3.66. The van der Waals surface area contributed by atoms with Crippen LogP contribution in [0.2, 0.25) is 0 Å². The Morgan fingerprint density at radius 2 is 2.16 bits per heavy atom. The van der Waals surface area contributed by atoms with E-state index in [1.54, 1.807) is 0 Å². The molecule has 2 unspecified atom stereocenters. The molecule has 1 aromatic heterocycles. The smallest absolute Gasteiger partial charge is 0.0697 e. The van der Waals surface area contributed by atoms with Crippen LogP contribution in [0.5, 0.6) is 0 Å². The Hall–Kier alpha value is -0.380. The average Bonchev–Trinajstić information content (AvgIpc) is 2.99. The Bertz CT molecular complexity index is 422. The molecule has 0 radical (unpaired) electrons. The van der Waals surface area contributed by atoms with Gasteiger partial charge < -0.3 is 10.1 Å². The molecule has 2 aliphatic rings. The van der Waals surface area contributed by atoms with Crippen LogP contribution < -0.4 is 5.32 Å². The SMILES string of the molecule is Cc1ccc(C(C)NC2CCOC3(CCCC3)C2)s1. The summed E-state index contributed by atoms with van der Waals surface area (Å²) in [5, 5.41) is 3.83. The topological polar surface area (TPSA) is 21.3 Å². The van der Waals surface area contributed by atoms with Crippen molar-refractivity contribution in [3.05, 3.63) is 21.9 Å². The van der Waals surface area contributed by atoms with Gasteiger partial charge in [-0.25, -0.2) is 0 Å². The molecule has 1 spiro atoms. The molecule has 3 rings (SSSR count). The lowest BCUT2D eigenvalue weighted by Crippen LogP contribution is -2.46. The van der Waals surface area contributed by atoms with E-state index in [-0.39, 0.29) is 5.60 Å². The first kappa shape index (κ1) is 13.6. The van der Waals surface area contributed by atoms with Gasteiger partial charge in [0.15, 0.2) is 0 Å². The number of ether oxygens (including phenoxy) is 1. The van der Waals surface area contributed by atoms with Gasteiger partial charge in [-0.05, 0) is 51.7 Å². The highest BCUT2D eigenvalue weighted by Gasteiger charge is 2.40. The number of rotatable bonds is 3. The Morgan fingerprint density at radius 3 is 2.84 bits per heavy atom. The summed E-state index contributed by atoms with van der Waals surface area (Å²) < 4.78 is 6.11. The van der Waals surface area contributed by atoms with Crippen molar-refractivity contribution in [3.8, 4) is 0 Å². The van der Waals surface area contributed by atoms with E-state index < -0.39 is 0 Å². The zero-order valence-electron chi connectivity index (χ0n) is 12.1. The van der Waals surface area contributed by atoms with Crippen LogP contribution in [-0.2, 0) is 4.74 Å². The summed E-state index contributed by atoms with van der Waals surface area (Å²) in [5.74, 6) is 0. The van der Waals surface area contributed by atoms with E-state index in [4.69, 9.17) is 4.74 Å². The van der Waals surface area contributed by atoms with Crippen LogP contribution >= 0.6 is 11.3 Å². The van der Waals surface area contributed by atoms with Crippen molar-refractivity contribution in [2.45, 2.75) is 70.1 Å². The van der Waals surface area contributed by atoms with Crippen molar-refractivity contribution in [1.29, 1.82) is 0 Å². The minimum absolute atomic E-state index is 0.223. The van der Waals surface area contributed by atoms with Crippen LogP contribution in [0.25, 0.3) is 0 Å². The van der Waals surface area contributed by atoms with Gasteiger partial charge in [0.1, 0.15) is 0 Å². The van der Waals surface area contributed by atoms with Crippen molar-refractivity contribution in [2.24, 2.45) is 0 Å². The van der Waals surface area contributed by atoms with E-state index in [9.17, 15) is 0 Å². The maximum absolute atomic E-state index is 6.11. The second-order valence-electron chi connectivity index (χ2n) is 6.27. The molecule has 106 valence electrons. The Morgan fingerprint density at radius 1 is 1.37 bits per heavy atom. The fourth-order valence-corrected chi connectivity index (χ4v) is 4.55. The number of thiophene rings is 1. The van der Waals surface area contributed by atoms with E-state index in [1.165, 1.54) is 41.9 Å². The van der Waals surface area contributed by atoms with Gasteiger partial charge in [-0.1, -0.05) is 12.8 Å². The van der Waals surface area contributed by atoms with E-state index in [0.717, 1.165) is 13.0 Å². The Labute approximate surface area is 120 Å². The number of nitrogens with one attached hydrogen (secondary N) is 1. The fraction of sp³-hybridized carbons (Fsp3) is 0.750. The van der Waals surface area contributed by atoms with Gasteiger partial charge >= 0.3 is 0 Å². The molecule has 1 N–H and O–H groups in total. The summed E-state index contributed by atoms with van der Waals surface area (Å²) in [7, 11) is 0. The standard InChI is InChI=1S/C16H25NOS/c1-12-5-6-15(19-12)13(2)17-14-7-10-18-16(11-14)8-3-4-9-16/h5-6,13-14,17H,3-4,7-11H2,1-2H3. The molecule has 2 heterocycles. The average molecular weight is 279 g/mol. The summed E-state index contributed by atoms with van der Waals surface area (Å²) in [5.41, 5.74) is 0.223. The van der Waals surface area contributed by atoms with Gasteiger partial charge in [-0.3, -0.25) is 0 Å². The van der Waals surface area contributed by atoms with Gasteiger partial charge in [0.05, 0.1) is 5.60 Å². The van der Waals surface area contributed by atoms with E-state index >= 15 is 0 Å². The third-order valence-corrected chi connectivity index (χ3v) is 5.86. The quantitative estimate of drug-likeness (QED) is 0.895. The number of hydrogen-bond acceptors (Lipinski definition) is 3. The van der Waals surface area contributed by atoms with Gasteiger partial charge in [0, 0.05) is 28.4 Å². The zero-order chi connectivity index (χ0) is 13.3. The molecule has 19 heavy (non-hydrogen) atoms. The third-order valence-electron chi connectivity index (χ3n) is 4.68. The van der Waals surface area contributed by atoms with Gasteiger partial charge in [-0.15, -0.1) is 11.3 Å². The second kappa shape index (κ2) is 5.55. The van der Waals surface area contributed by atoms with Crippen molar-refractivity contribution in [1.82, 2.24) is 5.32 Å². The van der Waals surface area contributed by atoms with Gasteiger partial charge in [0.2, 0.25) is 0 Å². The van der Waals surface area contributed by atoms with Crippen LogP contribution in [0.3, 0.4) is 0 Å². The summed E-state index contributed by atoms with van der Waals surface area (Å²) in [4.78, 5) is 2.87. The van der Waals surface area contributed by atoms with Crippen molar-refractivity contribution in [2.75, 3.05) is 6.61 Å². The Kier molecular flexibility index (Phi) is 3.97. The lowest BCUT2D eigenvalue weighted by Gasteiger charge is -2.39. The molecule has 0 bridgehead atoms. The maximum Gasteiger partial charge on any atom is 0.0697 e. The van der Waals surface area contributed by atoms with Crippen LogP contribution in [0, 0.1) is 6.92 Å². The van der Waals surface area contributed by atoms with Crippen LogP contribution in [-0.4, -0.2) is 18.2 Å². The van der Waals surface area contributed by atoms with Crippen molar-refractivity contribution in [3.63, 3.8) is 0 Å². The minimum Gasteiger partial charge on any atom is -0.375 e. The van der Waals surface area contributed by atoms with E-state index in [1.807, 2.05) is 11.3 Å². The third kappa shape index (κ3) is 3.04. The predicted octanol–water partition coefficient (Wildman–Crippen LogP) is 4.20. The normalized spacial score (nSPS) is 27.8. The molecule has 1 aliphatic carbocycles. The highest BCUT2D eigenvalue weighted by molar-refractivity contribution is 7.12. The molecule has 1 aliphatic heterocycles. The lowest BCUT2D eigenvalue weighted by molar-refractivity contribution is -0.0845. The molecule has 1 saturated carbocycles. The highest BCUT2D eigenvalue weighted by atomic mass is 32.1. The minimum atomic E-state index is 0.223. The van der Waals surface area contributed by atoms with Crippen molar-refractivity contribution < 1.29 is 4.74 Å². The second-order valence-corrected chi connectivity index (χ2v) is 7.58. The molecule has 1 saturated heterocycles. The van der Waals surface area contributed by atoms with E-state index in [0.29, 0.717) is 12.1 Å². The molecule has 2 fully saturated rings. The predicted molar refractivity (Wildman–Crippen MR) is 80.8 cm³/mol. The van der Waals surface area contributed by atoms with Crippen molar-refractivity contribution >= 4 is 11.3 Å². The molecule has 0 amide bonds. The van der Waals surface area contributed by atoms with Gasteiger partial charge in [0.25, 0.3) is 0 Å². The molecule has 2 atom stereocenters. The van der Waals surface area contributed by atoms with Gasteiger partial charge in [-0.2, -0.15) is 0 Å². The number of hydrogen-bond donors (Lipinski definition) is 1. The molecular weight excluding hydrogens is 254 g/mol. The van der Waals surface area contributed by atoms with E-state index in [2.05, 4.69) is 31.3 Å². The molecule has 2 nitrogen and oxygen atoms in total. The first-order valence-corrected chi connectivity index (χ1v) is 8.45. The molecule has 0 aromatic carbocycles. The Balaban J connectivity index is 1.60. The summed E-state index contributed by atoms with van der Waals surface area (Å²) in [6.45, 7) is 5.42. The maximum atomic E-state index is 6.11. The molecule has 3 heteroatoms. The first-order valence-electron chi connectivity index (χ1n) is 7.63. The van der Waals surface area contributed by atoms with Crippen LogP contribution in [0.4, 0.5) is 0 Å². The summed E-state index contributed by atoms with van der Waals surface area (Å²) in [6.07, 6.45) is 7.63. The monoisotopic (exact) mass is 279 g/mol. The summed E-state index contributed by atoms with van der Waals surface area (Å²) in [6, 6.07) is 5.59. The van der Waals surface area contributed by atoms with Crippen LogP contribution in [0.15, 0.2) is 12.1 Å². The molecule has 1 aromatic rings. The lowest BCUT2D eigenvalue weighted by atomic mass is 9.88. The van der Waals surface area contributed by atoms with Crippen LogP contribution in [0.1, 0.15) is 61.2 Å². The zero-order valence-corrected chi connectivity index (χ0v) is 12.9. The number of aryl methyl sites for hydroxylation is 1. The first-order chi connectivity index (χ1) is 9.17. The highest BCUT2D eigenvalue weighted by Crippen LogP contribution is 2.40.